The zero-order valence-electron chi connectivity index (χ0n) is 6.96. The third kappa shape index (κ3) is 1.49. The van der Waals surface area contributed by atoms with Crippen LogP contribution in [-0.4, -0.2) is 32.4 Å². The molecule has 0 radical (unpaired) electrons. The normalized spacial score (nSPS) is 20.7. The molecule has 5 nitrogen and oxygen atoms in total. The molecule has 0 aromatic carbocycles. The van der Waals surface area contributed by atoms with Gasteiger partial charge in [-0.1, -0.05) is 0 Å². The molecule has 0 aliphatic carbocycles. The van der Waals surface area contributed by atoms with E-state index in [0.29, 0.717) is 0 Å². The second kappa shape index (κ2) is 3.00. The van der Waals surface area contributed by atoms with Crippen molar-refractivity contribution >= 4 is 12.1 Å². The first kappa shape index (κ1) is 8.83. The molecule has 1 rings (SSSR count). The molecule has 0 atom stereocenters. The van der Waals surface area contributed by atoms with Crippen molar-refractivity contribution in [2.45, 2.75) is 6.92 Å². The molecule has 0 amide bonds. The molecule has 0 N–H and O–H groups in total. The minimum absolute atomic E-state index is 0.0124. The summed E-state index contributed by atoms with van der Waals surface area (Å²) in [6.45, 7) is 1.64. The maximum absolute atomic E-state index is 11.1. The van der Waals surface area contributed by atoms with E-state index in [4.69, 9.17) is 0 Å². The van der Waals surface area contributed by atoms with Gasteiger partial charge in [-0.25, -0.2) is 4.79 Å². The molecular weight excluding hydrogens is 164 g/mol. The van der Waals surface area contributed by atoms with Crippen molar-refractivity contribution in [2.24, 2.45) is 5.41 Å². The smallest absolute Gasteiger partial charge is 0.468 e. The van der Waals surface area contributed by atoms with Gasteiger partial charge in [-0.2, -0.15) is 0 Å². The predicted molar refractivity (Wildman–Crippen MR) is 37.4 cm³/mol. The molecule has 0 unspecified atom stereocenters. The van der Waals surface area contributed by atoms with Crippen LogP contribution in [0.5, 0.6) is 0 Å². The minimum atomic E-state index is -0.858. The standard InChI is InChI=1S/C7H10O5/c1-7(5(8)10-2)3-11-6(9)12-4-7/h3-4H2,1-2H3. The predicted octanol–water partition coefficient (Wildman–Crippen LogP) is 0.332. The van der Waals surface area contributed by atoms with Crippen LogP contribution >= 0.6 is 0 Å². The van der Waals surface area contributed by atoms with Gasteiger partial charge in [0.15, 0.2) is 0 Å². The van der Waals surface area contributed by atoms with Gasteiger partial charge in [0.1, 0.15) is 18.6 Å². The Balaban J connectivity index is 2.61. The lowest BCUT2D eigenvalue weighted by Crippen LogP contribution is -2.43. The second-order valence-corrected chi connectivity index (χ2v) is 2.88. The highest BCUT2D eigenvalue weighted by atomic mass is 16.7. The van der Waals surface area contributed by atoms with Gasteiger partial charge in [-0.3, -0.25) is 4.79 Å². The molecule has 1 heterocycles. The number of hydrogen-bond donors (Lipinski definition) is 0. The first-order chi connectivity index (χ1) is 5.58. The maximum Gasteiger partial charge on any atom is 0.508 e. The highest BCUT2D eigenvalue weighted by molar-refractivity contribution is 5.78. The number of rotatable bonds is 1. The Bertz CT molecular complexity index is 200. The molecular formula is C7H10O5. The third-order valence-electron chi connectivity index (χ3n) is 1.70. The zero-order valence-corrected chi connectivity index (χ0v) is 6.96. The Morgan fingerprint density at radius 3 is 2.42 bits per heavy atom. The molecule has 0 aromatic heterocycles. The summed E-state index contributed by atoms with van der Waals surface area (Å²) in [4.78, 5) is 21.6. The van der Waals surface area contributed by atoms with Crippen LogP contribution in [-0.2, 0) is 19.0 Å². The van der Waals surface area contributed by atoms with E-state index >= 15 is 0 Å². The fourth-order valence-corrected chi connectivity index (χ4v) is 0.884. The van der Waals surface area contributed by atoms with Crippen LogP contribution in [0.15, 0.2) is 0 Å². The van der Waals surface area contributed by atoms with Gasteiger partial charge in [0.05, 0.1) is 7.11 Å². The summed E-state index contributed by atoms with van der Waals surface area (Å²) in [5.41, 5.74) is -0.858. The van der Waals surface area contributed by atoms with Crippen LogP contribution in [0.1, 0.15) is 6.92 Å². The largest absolute Gasteiger partial charge is 0.508 e. The van der Waals surface area contributed by atoms with Crippen molar-refractivity contribution in [3.05, 3.63) is 0 Å². The number of hydrogen-bond acceptors (Lipinski definition) is 5. The van der Waals surface area contributed by atoms with Crippen molar-refractivity contribution in [3.63, 3.8) is 0 Å². The van der Waals surface area contributed by atoms with E-state index < -0.39 is 17.5 Å². The fourth-order valence-electron chi connectivity index (χ4n) is 0.884. The van der Waals surface area contributed by atoms with Crippen molar-refractivity contribution in [3.8, 4) is 0 Å². The fraction of sp³-hybridized carbons (Fsp3) is 0.714. The summed E-state index contributed by atoms with van der Waals surface area (Å²) < 4.78 is 13.6. The van der Waals surface area contributed by atoms with E-state index in [1.54, 1.807) is 6.92 Å². The van der Waals surface area contributed by atoms with Crippen molar-refractivity contribution in [1.82, 2.24) is 0 Å². The van der Waals surface area contributed by atoms with E-state index in [1.807, 2.05) is 0 Å². The lowest BCUT2D eigenvalue weighted by Gasteiger charge is -2.28. The Morgan fingerprint density at radius 1 is 1.50 bits per heavy atom. The van der Waals surface area contributed by atoms with E-state index in [0.717, 1.165) is 0 Å². The molecule has 5 heteroatoms. The summed E-state index contributed by atoms with van der Waals surface area (Å²) in [5.74, 6) is -0.435. The number of esters is 1. The Morgan fingerprint density at radius 2 is 2.00 bits per heavy atom. The molecule has 1 aliphatic rings. The molecule has 1 aliphatic heterocycles. The topological polar surface area (TPSA) is 61.8 Å². The van der Waals surface area contributed by atoms with Crippen LogP contribution < -0.4 is 0 Å². The number of cyclic esters (lactones) is 2. The SMILES string of the molecule is COC(=O)C1(C)COC(=O)OC1. The highest BCUT2D eigenvalue weighted by Gasteiger charge is 2.41. The second-order valence-electron chi connectivity index (χ2n) is 2.88. The summed E-state index contributed by atoms with van der Waals surface area (Å²) >= 11 is 0. The summed E-state index contributed by atoms with van der Waals surface area (Å²) in [6.07, 6.45) is -0.739. The summed E-state index contributed by atoms with van der Waals surface area (Å²) in [5, 5.41) is 0. The van der Waals surface area contributed by atoms with E-state index in [1.165, 1.54) is 7.11 Å². The lowest BCUT2D eigenvalue weighted by atomic mass is 9.93. The number of ether oxygens (including phenoxy) is 3. The molecule has 0 saturated carbocycles. The monoisotopic (exact) mass is 174 g/mol. The first-order valence-electron chi connectivity index (χ1n) is 3.46. The van der Waals surface area contributed by atoms with Crippen molar-refractivity contribution in [2.75, 3.05) is 20.3 Å². The molecule has 68 valence electrons. The Hall–Kier alpha value is -1.26. The van der Waals surface area contributed by atoms with Gasteiger partial charge in [0.2, 0.25) is 0 Å². The maximum atomic E-state index is 11.1. The van der Waals surface area contributed by atoms with Gasteiger partial charge in [-0.05, 0) is 6.92 Å². The molecule has 1 saturated heterocycles. The lowest BCUT2D eigenvalue weighted by molar-refractivity contribution is -0.162. The summed E-state index contributed by atoms with van der Waals surface area (Å²) in [6, 6.07) is 0. The first-order valence-corrected chi connectivity index (χ1v) is 3.46. The van der Waals surface area contributed by atoms with Gasteiger partial charge >= 0.3 is 12.1 Å². The molecule has 0 bridgehead atoms. The highest BCUT2D eigenvalue weighted by Crippen LogP contribution is 2.23. The average Bonchev–Trinajstić information content (AvgIpc) is 2.09. The summed E-state index contributed by atoms with van der Waals surface area (Å²) in [7, 11) is 1.28. The van der Waals surface area contributed by atoms with Crippen LogP contribution in [0.25, 0.3) is 0 Å². The Kier molecular flexibility index (Phi) is 2.21. The van der Waals surface area contributed by atoms with Gasteiger partial charge in [0, 0.05) is 0 Å². The van der Waals surface area contributed by atoms with Gasteiger partial charge in [-0.15, -0.1) is 0 Å². The molecule has 1 fully saturated rings. The average molecular weight is 174 g/mol. The van der Waals surface area contributed by atoms with Crippen molar-refractivity contribution < 1.29 is 23.8 Å². The molecule has 12 heavy (non-hydrogen) atoms. The van der Waals surface area contributed by atoms with Crippen LogP contribution in [0.3, 0.4) is 0 Å². The quantitative estimate of drug-likeness (QED) is 0.536. The zero-order chi connectivity index (χ0) is 9.19. The van der Waals surface area contributed by atoms with E-state index in [9.17, 15) is 9.59 Å². The van der Waals surface area contributed by atoms with Crippen LogP contribution in [0.2, 0.25) is 0 Å². The number of methoxy groups -OCH3 is 1. The molecule has 0 aromatic rings. The van der Waals surface area contributed by atoms with E-state index in [2.05, 4.69) is 14.2 Å². The Labute approximate surface area is 69.6 Å². The van der Waals surface area contributed by atoms with E-state index in [-0.39, 0.29) is 13.2 Å². The van der Waals surface area contributed by atoms with Crippen LogP contribution in [0, 0.1) is 5.41 Å². The van der Waals surface area contributed by atoms with Gasteiger partial charge < -0.3 is 14.2 Å². The van der Waals surface area contributed by atoms with Gasteiger partial charge in [0.25, 0.3) is 0 Å². The number of carbonyl (C=O) groups excluding carboxylic acids is 2. The molecule has 0 spiro atoms. The number of carbonyl (C=O) groups is 2. The van der Waals surface area contributed by atoms with Crippen LogP contribution in [0.4, 0.5) is 4.79 Å². The third-order valence-corrected chi connectivity index (χ3v) is 1.70. The van der Waals surface area contributed by atoms with Crippen molar-refractivity contribution in [1.29, 1.82) is 0 Å². The minimum Gasteiger partial charge on any atom is -0.468 e.